The average Bonchev–Trinajstić information content (AvgIpc) is 3.31. The van der Waals surface area contributed by atoms with Gasteiger partial charge < -0.3 is 10.6 Å². The molecule has 0 amide bonds. The van der Waals surface area contributed by atoms with Gasteiger partial charge in [0.15, 0.2) is 0 Å². The highest BCUT2D eigenvalue weighted by atomic mass is 32.2. The van der Waals surface area contributed by atoms with E-state index in [9.17, 15) is 5.26 Å². The Hall–Kier alpha value is -2.86. The lowest BCUT2D eigenvalue weighted by molar-refractivity contribution is 0.481. The second kappa shape index (κ2) is 8.22. The van der Waals surface area contributed by atoms with Crippen molar-refractivity contribution >= 4 is 23.3 Å². The average molecular weight is 382 g/mol. The minimum absolute atomic E-state index is 0.00218. The van der Waals surface area contributed by atoms with Crippen LogP contribution in [0.1, 0.15) is 32.9 Å². The molecule has 3 heterocycles. The molecule has 3 rings (SSSR count). The Morgan fingerprint density at radius 2 is 2.26 bits per heavy atom. The van der Waals surface area contributed by atoms with Gasteiger partial charge >= 0.3 is 0 Å². The van der Waals surface area contributed by atoms with E-state index in [1.54, 1.807) is 23.3 Å². The van der Waals surface area contributed by atoms with E-state index in [0.717, 1.165) is 23.7 Å². The molecule has 27 heavy (non-hydrogen) atoms. The number of hydrogen-bond donors (Lipinski definition) is 2. The number of hydrogen-bond acceptors (Lipinski definition) is 8. The van der Waals surface area contributed by atoms with Gasteiger partial charge in [-0.2, -0.15) is 10.4 Å². The second-order valence-electron chi connectivity index (χ2n) is 7.04. The smallest absolute Gasteiger partial charge is 0.223 e. The van der Waals surface area contributed by atoms with Crippen molar-refractivity contribution in [1.82, 2.24) is 30.0 Å². The van der Waals surface area contributed by atoms with Crippen LogP contribution in [0, 0.1) is 16.7 Å². The van der Waals surface area contributed by atoms with Crippen molar-refractivity contribution in [2.75, 3.05) is 11.9 Å². The molecule has 2 N–H and O–H groups in total. The summed E-state index contributed by atoms with van der Waals surface area (Å²) >= 11 is 1.52. The molecule has 140 valence electrons. The van der Waals surface area contributed by atoms with E-state index in [1.165, 1.54) is 18.1 Å². The summed E-state index contributed by atoms with van der Waals surface area (Å²) in [5.74, 6) is 0.506. The first-order chi connectivity index (χ1) is 13.0. The minimum atomic E-state index is -0.00218. The Balaban J connectivity index is 1.65. The SMILES string of the molecule is CC(C)(C)C1=CS/C(=C(/C#N)c2ccnc(NCCCn3cncn3)n2)N1. The number of rotatable bonds is 6. The van der Waals surface area contributed by atoms with Crippen LogP contribution >= 0.6 is 11.8 Å². The van der Waals surface area contributed by atoms with Crippen LogP contribution in [0.4, 0.5) is 5.95 Å². The standard InChI is InChI=1S/C18H22N8S/c1-18(2,3)15-10-27-16(25-15)13(9-19)14-5-7-22-17(24-14)21-6-4-8-26-12-20-11-23-26/h5,7,10-12,25H,4,6,8H2,1-3H3,(H,21,22,24)/b16-13-. The molecule has 0 spiro atoms. The van der Waals surface area contributed by atoms with Crippen LogP contribution in [0.2, 0.25) is 0 Å². The summed E-state index contributed by atoms with van der Waals surface area (Å²) in [5, 5.41) is 23.1. The first-order valence-corrected chi connectivity index (χ1v) is 9.54. The predicted molar refractivity (Wildman–Crippen MR) is 106 cm³/mol. The Kier molecular flexibility index (Phi) is 5.76. The molecule has 0 fully saturated rings. The molecule has 1 aliphatic heterocycles. The number of nitriles is 1. The highest BCUT2D eigenvalue weighted by molar-refractivity contribution is 8.06. The molecule has 0 aromatic carbocycles. The third-order valence-corrected chi connectivity index (χ3v) is 4.81. The molecule has 2 aromatic rings. The van der Waals surface area contributed by atoms with Crippen molar-refractivity contribution in [3.63, 3.8) is 0 Å². The van der Waals surface area contributed by atoms with E-state index in [1.807, 2.05) is 0 Å². The van der Waals surface area contributed by atoms with E-state index in [4.69, 9.17) is 0 Å². The van der Waals surface area contributed by atoms with Crippen LogP contribution in [0.25, 0.3) is 5.57 Å². The van der Waals surface area contributed by atoms with E-state index in [-0.39, 0.29) is 5.41 Å². The lowest BCUT2D eigenvalue weighted by Crippen LogP contribution is -2.20. The molecule has 9 heteroatoms. The van der Waals surface area contributed by atoms with Gasteiger partial charge in [-0.25, -0.2) is 15.0 Å². The van der Waals surface area contributed by atoms with Gasteiger partial charge in [-0.15, -0.1) is 0 Å². The van der Waals surface area contributed by atoms with Crippen LogP contribution in [-0.4, -0.2) is 31.3 Å². The Bertz CT molecular complexity index is 887. The second-order valence-corrected chi connectivity index (χ2v) is 7.92. The summed E-state index contributed by atoms with van der Waals surface area (Å²) in [4.78, 5) is 12.7. The fraction of sp³-hybridized carbons (Fsp3) is 0.389. The number of anilines is 1. The van der Waals surface area contributed by atoms with Gasteiger partial charge in [0.1, 0.15) is 24.3 Å². The van der Waals surface area contributed by atoms with Gasteiger partial charge in [0.05, 0.1) is 10.7 Å². The number of nitrogens with one attached hydrogen (secondary N) is 2. The molecule has 0 saturated carbocycles. The molecule has 0 unspecified atom stereocenters. The van der Waals surface area contributed by atoms with E-state index >= 15 is 0 Å². The molecule has 0 radical (unpaired) electrons. The maximum absolute atomic E-state index is 9.66. The molecule has 0 bridgehead atoms. The maximum atomic E-state index is 9.66. The molecule has 2 aromatic heterocycles. The summed E-state index contributed by atoms with van der Waals surface area (Å²) in [6.45, 7) is 7.86. The quantitative estimate of drug-likeness (QED) is 0.580. The zero-order chi connectivity index (χ0) is 19.3. The van der Waals surface area contributed by atoms with Crippen LogP contribution in [-0.2, 0) is 6.54 Å². The number of thioether (sulfide) groups is 1. The van der Waals surface area contributed by atoms with Gasteiger partial charge in [-0.1, -0.05) is 32.5 Å². The molecule has 8 nitrogen and oxygen atoms in total. The maximum Gasteiger partial charge on any atom is 0.223 e. The molecular formula is C18H22N8S. The molecule has 1 aliphatic rings. The van der Waals surface area contributed by atoms with E-state index < -0.39 is 0 Å². The number of allylic oxidation sites excluding steroid dienone is 2. The van der Waals surface area contributed by atoms with Crippen molar-refractivity contribution in [3.05, 3.63) is 46.7 Å². The molecule has 0 saturated heterocycles. The first-order valence-electron chi connectivity index (χ1n) is 8.66. The van der Waals surface area contributed by atoms with Gasteiger partial charge in [-0.05, 0) is 17.9 Å². The van der Waals surface area contributed by atoms with E-state index in [0.29, 0.717) is 23.8 Å². The van der Waals surface area contributed by atoms with Crippen molar-refractivity contribution in [2.45, 2.75) is 33.7 Å². The van der Waals surface area contributed by atoms with Crippen molar-refractivity contribution < 1.29 is 0 Å². The summed E-state index contributed by atoms with van der Waals surface area (Å²) in [7, 11) is 0. The highest BCUT2D eigenvalue weighted by Crippen LogP contribution is 2.37. The molecular weight excluding hydrogens is 360 g/mol. The van der Waals surface area contributed by atoms with Crippen molar-refractivity contribution in [3.8, 4) is 6.07 Å². The fourth-order valence-electron chi connectivity index (χ4n) is 2.38. The first kappa shape index (κ1) is 18.9. The van der Waals surface area contributed by atoms with Gasteiger partial charge in [-0.3, -0.25) is 4.68 Å². The number of aromatic nitrogens is 5. The van der Waals surface area contributed by atoms with E-state index in [2.05, 4.69) is 62.9 Å². The minimum Gasteiger partial charge on any atom is -0.354 e. The number of nitrogens with zero attached hydrogens (tertiary/aromatic N) is 6. The van der Waals surface area contributed by atoms with Gasteiger partial charge in [0.2, 0.25) is 5.95 Å². The summed E-state index contributed by atoms with van der Waals surface area (Å²) in [6.07, 6.45) is 5.73. The summed E-state index contributed by atoms with van der Waals surface area (Å²) in [6, 6.07) is 4.03. The molecule has 0 atom stereocenters. The topological polar surface area (TPSA) is 104 Å². The highest BCUT2D eigenvalue weighted by Gasteiger charge is 2.25. The largest absolute Gasteiger partial charge is 0.354 e. The lowest BCUT2D eigenvalue weighted by Gasteiger charge is -2.20. The summed E-state index contributed by atoms with van der Waals surface area (Å²) in [5.41, 5.74) is 2.21. The van der Waals surface area contributed by atoms with Gasteiger partial charge in [0.25, 0.3) is 0 Å². The number of aryl methyl sites for hydroxylation is 1. The van der Waals surface area contributed by atoms with Crippen LogP contribution in [0.3, 0.4) is 0 Å². The zero-order valence-corrected chi connectivity index (χ0v) is 16.4. The van der Waals surface area contributed by atoms with Gasteiger partial charge in [0, 0.05) is 30.4 Å². The zero-order valence-electron chi connectivity index (χ0n) is 15.6. The third kappa shape index (κ3) is 4.86. The monoisotopic (exact) mass is 382 g/mol. The Morgan fingerprint density at radius 3 is 2.93 bits per heavy atom. The van der Waals surface area contributed by atoms with Crippen LogP contribution < -0.4 is 10.6 Å². The fourth-order valence-corrected chi connectivity index (χ4v) is 3.47. The third-order valence-electron chi connectivity index (χ3n) is 3.92. The van der Waals surface area contributed by atoms with Crippen LogP contribution in [0.15, 0.2) is 41.1 Å². The van der Waals surface area contributed by atoms with Crippen molar-refractivity contribution in [2.24, 2.45) is 5.41 Å². The summed E-state index contributed by atoms with van der Waals surface area (Å²) < 4.78 is 1.78. The Morgan fingerprint density at radius 1 is 1.41 bits per heavy atom. The lowest BCUT2D eigenvalue weighted by atomic mass is 9.93. The van der Waals surface area contributed by atoms with Crippen molar-refractivity contribution in [1.29, 1.82) is 5.26 Å². The molecule has 0 aliphatic carbocycles. The normalized spacial score (nSPS) is 15.7. The van der Waals surface area contributed by atoms with Crippen LogP contribution in [0.5, 0.6) is 0 Å². The Labute approximate surface area is 162 Å². The predicted octanol–water partition coefficient (Wildman–Crippen LogP) is 2.99.